The average Bonchev–Trinajstić information content (AvgIpc) is 2.79. The van der Waals surface area contributed by atoms with Gasteiger partial charge >= 0.3 is 0 Å². The molecule has 1 aliphatic rings. The minimum atomic E-state index is 0. The Bertz CT molecular complexity index is 250. The van der Waals surface area contributed by atoms with Gasteiger partial charge in [-0.25, -0.2) is 0 Å². The first-order valence-electron chi connectivity index (χ1n) is 6.81. The summed E-state index contributed by atoms with van der Waals surface area (Å²) >= 11 is 0. The molecule has 6 heteroatoms. The first-order valence-corrected chi connectivity index (χ1v) is 6.81. The Balaban J connectivity index is 0. The van der Waals surface area contributed by atoms with Gasteiger partial charge < -0.3 is 10.2 Å². The van der Waals surface area contributed by atoms with Gasteiger partial charge in [0.1, 0.15) is 0 Å². The van der Waals surface area contributed by atoms with E-state index >= 15 is 0 Å². The zero-order valence-electron chi connectivity index (χ0n) is 12.5. The summed E-state index contributed by atoms with van der Waals surface area (Å²) in [6.07, 6.45) is 1.12. The van der Waals surface area contributed by atoms with Crippen LogP contribution in [0.15, 0.2) is 0 Å². The molecule has 1 amide bonds. The van der Waals surface area contributed by atoms with E-state index in [4.69, 9.17) is 0 Å². The Kier molecular flexibility index (Phi) is 12.0. The molecule has 0 saturated carbocycles. The molecule has 0 aromatic rings. The van der Waals surface area contributed by atoms with Crippen LogP contribution in [-0.2, 0) is 4.79 Å². The molecule has 1 fully saturated rings. The highest BCUT2D eigenvalue weighted by molar-refractivity contribution is 5.85. The van der Waals surface area contributed by atoms with Crippen molar-refractivity contribution in [2.75, 3.05) is 39.8 Å². The summed E-state index contributed by atoms with van der Waals surface area (Å²) in [7, 11) is 1.90. The van der Waals surface area contributed by atoms with Crippen molar-refractivity contribution in [1.29, 1.82) is 0 Å². The van der Waals surface area contributed by atoms with Crippen molar-refractivity contribution < 1.29 is 4.79 Å². The van der Waals surface area contributed by atoms with Gasteiger partial charge in [-0.2, -0.15) is 0 Å². The number of likely N-dealkylation sites (tertiary alicyclic amines) is 1. The molecular formula is C13H29Cl2N3O. The van der Waals surface area contributed by atoms with Gasteiger partial charge in [0.05, 0.1) is 0 Å². The fourth-order valence-electron chi connectivity index (χ4n) is 2.69. The zero-order valence-corrected chi connectivity index (χ0v) is 14.1. The van der Waals surface area contributed by atoms with E-state index in [1.807, 2.05) is 18.9 Å². The highest BCUT2D eigenvalue weighted by Crippen LogP contribution is 2.17. The predicted molar refractivity (Wildman–Crippen MR) is 85.5 cm³/mol. The van der Waals surface area contributed by atoms with E-state index < -0.39 is 0 Å². The number of rotatable bonds is 6. The Morgan fingerprint density at radius 3 is 2.42 bits per heavy atom. The van der Waals surface area contributed by atoms with Crippen molar-refractivity contribution in [1.82, 2.24) is 15.1 Å². The first-order chi connectivity index (χ1) is 8.13. The summed E-state index contributed by atoms with van der Waals surface area (Å²) in [5.74, 6) is 0.393. The molecule has 116 valence electrons. The summed E-state index contributed by atoms with van der Waals surface area (Å²) in [5.41, 5.74) is 0. The lowest BCUT2D eigenvalue weighted by atomic mass is 10.1. The van der Waals surface area contributed by atoms with Crippen LogP contribution in [0.4, 0.5) is 0 Å². The third-order valence-electron chi connectivity index (χ3n) is 3.74. The lowest BCUT2D eigenvalue weighted by Crippen LogP contribution is -2.41. The average molecular weight is 314 g/mol. The molecule has 0 spiro atoms. The molecule has 0 bridgehead atoms. The van der Waals surface area contributed by atoms with Crippen LogP contribution in [0, 0.1) is 5.92 Å². The molecule has 0 aromatic heterocycles. The van der Waals surface area contributed by atoms with Gasteiger partial charge in [-0.1, -0.05) is 20.8 Å². The summed E-state index contributed by atoms with van der Waals surface area (Å²) < 4.78 is 0. The number of amides is 1. The van der Waals surface area contributed by atoms with Crippen LogP contribution in [0.2, 0.25) is 0 Å². The van der Waals surface area contributed by atoms with Gasteiger partial charge in [0.25, 0.3) is 0 Å². The van der Waals surface area contributed by atoms with Crippen molar-refractivity contribution in [3.63, 3.8) is 0 Å². The minimum Gasteiger partial charge on any atom is -0.341 e. The van der Waals surface area contributed by atoms with Gasteiger partial charge in [0, 0.05) is 31.6 Å². The molecule has 19 heavy (non-hydrogen) atoms. The maximum absolute atomic E-state index is 12.1. The number of halogens is 2. The van der Waals surface area contributed by atoms with Crippen LogP contribution in [0.5, 0.6) is 0 Å². The summed E-state index contributed by atoms with van der Waals surface area (Å²) in [6, 6.07) is 0.565. The largest absolute Gasteiger partial charge is 0.341 e. The molecule has 1 rings (SSSR count). The molecule has 1 aliphatic heterocycles. The topological polar surface area (TPSA) is 35.6 Å². The molecule has 1 heterocycles. The SMILES string of the molecule is CCN(CC)C1CCN(C(=O)C(C)CNC)C1.Cl.Cl. The molecular weight excluding hydrogens is 285 g/mol. The van der Waals surface area contributed by atoms with Gasteiger partial charge in [0.15, 0.2) is 0 Å². The van der Waals surface area contributed by atoms with Crippen molar-refractivity contribution in [2.24, 2.45) is 5.92 Å². The van der Waals surface area contributed by atoms with Crippen LogP contribution in [-0.4, -0.2) is 61.5 Å². The minimum absolute atomic E-state index is 0. The quantitative estimate of drug-likeness (QED) is 0.809. The predicted octanol–water partition coefficient (Wildman–Crippen LogP) is 1.63. The lowest BCUT2D eigenvalue weighted by molar-refractivity contribution is -0.133. The number of carbonyl (C=O) groups excluding carboxylic acids is 1. The van der Waals surface area contributed by atoms with E-state index in [1.165, 1.54) is 0 Å². The molecule has 0 aromatic carbocycles. The number of likely N-dealkylation sites (N-methyl/N-ethyl adjacent to an activating group) is 1. The van der Waals surface area contributed by atoms with Crippen molar-refractivity contribution in [3.8, 4) is 0 Å². The first kappa shape index (κ1) is 21.3. The van der Waals surface area contributed by atoms with Crippen LogP contribution in [0.25, 0.3) is 0 Å². The van der Waals surface area contributed by atoms with Crippen LogP contribution >= 0.6 is 24.8 Å². The monoisotopic (exact) mass is 313 g/mol. The van der Waals surface area contributed by atoms with Crippen molar-refractivity contribution >= 4 is 30.7 Å². The molecule has 2 unspecified atom stereocenters. The molecule has 1 saturated heterocycles. The molecule has 0 aliphatic carbocycles. The number of hydrogen-bond acceptors (Lipinski definition) is 3. The normalized spacial score (nSPS) is 19.8. The molecule has 0 radical (unpaired) electrons. The summed E-state index contributed by atoms with van der Waals surface area (Å²) in [4.78, 5) is 16.6. The third kappa shape index (κ3) is 5.86. The third-order valence-corrected chi connectivity index (χ3v) is 3.74. The second-order valence-corrected chi connectivity index (χ2v) is 4.91. The highest BCUT2D eigenvalue weighted by Gasteiger charge is 2.30. The van der Waals surface area contributed by atoms with Gasteiger partial charge in [-0.3, -0.25) is 9.69 Å². The van der Waals surface area contributed by atoms with Gasteiger partial charge in [0.2, 0.25) is 5.91 Å². The van der Waals surface area contributed by atoms with E-state index in [1.54, 1.807) is 0 Å². The fraction of sp³-hybridized carbons (Fsp3) is 0.923. The lowest BCUT2D eigenvalue weighted by Gasteiger charge is -2.26. The van der Waals surface area contributed by atoms with Crippen LogP contribution in [0.1, 0.15) is 27.2 Å². The van der Waals surface area contributed by atoms with Crippen LogP contribution < -0.4 is 5.32 Å². The number of nitrogens with one attached hydrogen (secondary N) is 1. The molecule has 1 N–H and O–H groups in total. The summed E-state index contributed by atoms with van der Waals surface area (Å²) in [6.45, 7) is 11.2. The van der Waals surface area contributed by atoms with E-state index in [0.29, 0.717) is 11.9 Å². The standard InChI is InChI=1S/C13H27N3O.2ClH/c1-5-15(6-2)12-7-8-16(10-12)13(17)11(3)9-14-4;;/h11-12,14H,5-10H2,1-4H3;2*1H. The van der Waals surface area contributed by atoms with E-state index in [0.717, 1.165) is 39.1 Å². The smallest absolute Gasteiger partial charge is 0.226 e. The fourth-order valence-corrected chi connectivity index (χ4v) is 2.69. The van der Waals surface area contributed by atoms with Gasteiger partial charge in [-0.15, -0.1) is 24.8 Å². The Labute approximate surface area is 130 Å². The Hall–Kier alpha value is -0.0300. The summed E-state index contributed by atoms with van der Waals surface area (Å²) in [5, 5.41) is 3.07. The second-order valence-electron chi connectivity index (χ2n) is 4.91. The molecule has 2 atom stereocenters. The van der Waals surface area contributed by atoms with E-state index in [9.17, 15) is 4.79 Å². The number of nitrogens with zero attached hydrogens (tertiary/aromatic N) is 2. The second kappa shape index (κ2) is 10.7. The van der Waals surface area contributed by atoms with Crippen LogP contribution in [0.3, 0.4) is 0 Å². The van der Waals surface area contributed by atoms with Gasteiger partial charge in [-0.05, 0) is 26.6 Å². The highest BCUT2D eigenvalue weighted by atomic mass is 35.5. The Morgan fingerprint density at radius 2 is 1.95 bits per heavy atom. The number of hydrogen-bond donors (Lipinski definition) is 1. The van der Waals surface area contributed by atoms with E-state index in [2.05, 4.69) is 24.1 Å². The zero-order chi connectivity index (χ0) is 12.8. The Morgan fingerprint density at radius 1 is 1.37 bits per heavy atom. The van der Waals surface area contributed by atoms with Crippen molar-refractivity contribution in [3.05, 3.63) is 0 Å². The van der Waals surface area contributed by atoms with Crippen molar-refractivity contribution in [2.45, 2.75) is 33.2 Å². The van der Waals surface area contributed by atoms with E-state index in [-0.39, 0.29) is 30.7 Å². The number of carbonyl (C=O) groups is 1. The molecule has 4 nitrogen and oxygen atoms in total. The maximum Gasteiger partial charge on any atom is 0.226 e. The maximum atomic E-state index is 12.1.